The first-order valence-electron chi connectivity index (χ1n) is 9.76. The van der Waals surface area contributed by atoms with E-state index in [4.69, 9.17) is 4.98 Å². The molecule has 2 aliphatic heterocycles. The van der Waals surface area contributed by atoms with E-state index in [0.717, 1.165) is 55.8 Å². The third-order valence-electron chi connectivity index (χ3n) is 5.65. The van der Waals surface area contributed by atoms with E-state index >= 15 is 0 Å². The van der Waals surface area contributed by atoms with Crippen LogP contribution in [0.25, 0.3) is 11.2 Å². The van der Waals surface area contributed by atoms with Crippen LogP contribution in [0.4, 0.5) is 16.6 Å². The Bertz CT molecular complexity index is 844. The first-order valence-corrected chi connectivity index (χ1v) is 9.76. The third kappa shape index (κ3) is 3.25. The van der Waals surface area contributed by atoms with Gasteiger partial charge in [0.15, 0.2) is 17.0 Å². The van der Waals surface area contributed by atoms with Crippen LogP contribution in [0.5, 0.6) is 0 Å². The van der Waals surface area contributed by atoms with E-state index in [0.29, 0.717) is 25.1 Å². The monoisotopic (exact) mass is 371 g/mol. The predicted molar refractivity (Wildman–Crippen MR) is 102 cm³/mol. The lowest BCUT2D eigenvalue weighted by Crippen LogP contribution is -2.42. The molecular formula is C17H25N9O. The second-order valence-corrected chi connectivity index (χ2v) is 7.54. The fraction of sp³-hybridized carbons (Fsp3) is 0.647. The lowest BCUT2D eigenvalue weighted by molar-refractivity contribution is 0.237. The van der Waals surface area contributed by atoms with Crippen molar-refractivity contribution in [2.24, 2.45) is 0 Å². The van der Waals surface area contributed by atoms with Gasteiger partial charge in [0.05, 0.1) is 6.33 Å². The summed E-state index contributed by atoms with van der Waals surface area (Å²) >= 11 is 0. The topological polar surface area (TPSA) is 121 Å². The maximum Gasteiger partial charge on any atom is 0.315 e. The highest BCUT2D eigenvalue weighted by molar-refractivity contribution is 5.84. The maximum atomic E-state index is 12.0. The standard InChI is InChI=1S/C17H25N9O/c27-17-20-6-5-19-16-24-14(22-11-3-4-18-8-11)13-15(25-16)26(9-21-13)12-2-1-10(7-12)23-17/h9-12,18H,1-8H2,(H2,20,23,27)(H2,19,22,24,25)/t10-,11-,12+/m0/s1. The number of imidazole rings is 1. The second-order valence-electron chi connectivity index (χ2n) is 7.54. The molecule has 5 N–H and O–H groups in total. The lowest BCUT2D eigenvalue weighted by Gasteiger charge is -2.16. The van der Waals surface area contributed by atoms with Gasteiger partial charge in [-0.3, -0.25) is 0 Å². The van der Waals surface area contributed by atoms with Gasteiger partial charge in [-0.2, -0.15) is 9.97 Å². The summed E-state index contributed by atoms with van der Waals surface area (Å²) in [5, 5.41) is 16.1. The number of hydrogen-bond acceptors (Lipinski definition) is 7. The van der Waals surface area contributed by atoms with Crippen molar-refractivity contribution in [2.75, 3.05) is 36.8 Å². The minimum Gasteiger partial charge on any atom is -0.364 e. The Morgan fingerprint density at radius 1 is 1.11 bits per heavy atom. The first kappa shape index (κ1) is 16.5. The smallest absolute Gasteiger partial charge is 0.315 e. The van der Waals surface area contributed by atoms with E-state index in [1.54, 1.807) is 0 Å². The molecule has 1 saturated heterocycles. The van der Waals surface area contributed by atoms with E-state index in [9.17, 15) is 4.79 Å². The number of fused-ring (bicyclic) bond motifs is 4. The van der Waals surface area contributed by atoms with Crippen LogP contribution in [0, 0.1) is 0 Å². The molecule has 2 aromatic heterocycles. The van der Waals surface area contributed by atoms with Gasteiger partial charge in [0, 0.05) is 37.8 Å². The Kier molecular flexibility index (Phi) is 4.19. The molecule has 2 amide bonds. The zero-order chi connectivity index (χ0) is 18.2. The number of anilines is 2. The summed E-state index contributed by atoms with van der Waals surface area (Å²) in [5.74, 6) is 1.34. The number of hydrogen-bond donors (Lipinski definition) is 5. The fourth-order valence-electron chi connectivity index (χ4n) is 4.26. The molecule has 1 saturated carbocycles. The molecule has 0 spiro atoms. The van der Waals surface area contributed by atoms with Crippen molar-refractivity contribution in [1.82, 2.24) is 35.5 Å². The van der Waals surface area contributed by atoms with Crippen LogP contribution in [0.3, 0.4) is 0 Å². The van der Waals surface area contributed by atoms with E-state index in [1.807, 2.05) is 6.33 Å². The molecular weight excluding hydrogens is 346 g/mol. The molecule has 4 heterocycles. The van der Waals surface area contributed by atoms with Gasteiger partial charge < -0.3 is 31.2 Å². The van der Waals surface area contributed by atoms with Crippen molar-refractivity contribution in [3.63, 3.8) is 0 Å². The number of nitrogens with zero attached hydrogens (tertiary/aromatic N) is 4. The van der Waals surface area contributed by atoms with Crippen LogP contribution in [0.1, 0.15) is 31.7 Å². The number of carbonyl (C=O) groups excluding carboxylic acids is 1. The molecule has 3 atom stereocenters. The second kappa shape index (κ2) is 6.84. The summed E-state index contributed by atoms with van der Waals surface area (Å²) in [6, 6.07) is 0.707. The van der Waals surface area contributed by atoms with E-state index < -0.39 is 0 Å². The minimum atomic E-state index is -0.110. The Morgan fingerprint density at radius 3 is 2.93 bits per heavy atom. The highest BCUT2D eigenvalue weighted by atomic mass is 16.2. The summed E-state index contributed by atoms with van der Waals surface area (Å²) in [6.45, 7) is 3.02. The Morgan fingerprint density at radius 2 is 2.04 bits per heavy atom. The minimum absolute atomic E-state index is 0.110. The quantitative estimate of drug-likeness (QED) is 0.519. The molecule has 5 rings (SSSR count). The highest BCUT2D eigenvalue weighted by Crippen LogP contribution is 2.33. The summed E-state index contributed by atoms with van der Waals surface area (Å²) in [7, 11) is 0. The largest absolute Gasteiger partial charge is 0.364 e. The molecule has 0 aromatic carbocycles. The van der Waals surface area contributed by atoms with Gasteiger partial charge in [-0.15, -0.1) is 0 Å². The lowest BCUT2D eigenvalue weighted by atomic mass is 10.2. The number of aromatic nitrogens is 4. The molecule has 0 unspecified atom stereocenters. The van der Waals surface area contributed by atoms with Gasteiger partial charge in [-0.1, -0.05) is 0 Å². The molecule has 27 heavy (non-hydrogen) atoms. The summed E-state index contributed by atoms with van der Waals surface area (Å²) in [6.07, 6.45) is 5.79. The van der Waals surface area contributed by atoms with Crippen LogP contribution in [-0.2, 0) is 0 Å². The van der Waals surface area contributed by atoms with Gasteiger partial charge in [0.1, 0.15) is 0 Å². The van der Waals surface area contributed by atoms with E-state index in [1.165, 1.54) is 0 Å². The summed E-state index contributed by atoms with van der Waals surface area (Å²) in [4.78, 5) is 26.1. The zero-order valence-electron chi connectivity index (χ0n) is 15.2. The number of carbonyl (C=O) groups is 1. The average molecular weight is 371 g/mol. The zero-order valence-corrected chi connectivity index (χ0v) is 15.2. The summed E-state index contributed by atoms with van der Waals surface area (Å²) in [5.41, 5.74) is 1.66. The number of rotatable bonds is 2. The van der Waals surface area contributed by atoms with Crippen LogP contribution in [0.15, 0.2) is 6.33 Å². The van der Waals surface area contributed by atoms with Gasteiger partial charge in [0.25, 0.3) is 0 Å². The van der Waals surface area contributed by atoms with E-state index in [-0.39, 0.29) is 18.1 Å². The molecule has 0 radical (unpaired) electrons. The number of amides is 2. The summed E-state index contributed by atoms with van der Waals surface area (Å²) < 4.78 is 2.15. The molecule has 2 fully saturated rings. The molecule has 144 valence electrons. The molecule has 2 aromatic rings. The molecule has 10 nitrogen and oxygen atoms in total. The van der Waals surface area contributed by atoms with Crippen molar-refractivity contribution in [3.8, 4) is 0 Å². The Hall–Kier alpha value is -2.62. The normalized spacial score (nSPS) is 28.0. The molecule has 10 heteroatoms. The Labute approximate surface area is 156 Å². The van der Waals surface area contributed by atoms with Crippen molar-refractivity contribution < 1.29 is 4.79 Å². The van der Waals surface area contributed by atoms with E-state index in [2.05, 4.69) is 41.1 Å². The average Bonchev–Trinajstić information content (AvgIpc) is 3.38. The Balaban J connectivity index is 1.53. The van der Waals surface area contributed by atoms with Crippen LogP contribution in [-0.4, -0.2) is 63.8 Å². The first-order chi connectivity index (χ1) is 13.3. The van der Waals surface area contributed by atoms with Crippen molar-refractivity contribution in [2.45, 2.75) is 43.8 Å². The van der Waals surface area contributed by atoms with Crippen LogP contribution >= 0.6 is 0 Å². The van der Waals surface area contributed by atoms with Gasteiger partial charge in [0.2, 0.25) is 5.95 Å². The van der Waals surface area contributed by atoms with Gasteiger partial charge >= 0.3 is 6.03 Å². The highest BCUT2D eigenvalue weighted by Gasteiger charge is 2.29. The van der Waals surface area contributed by atoms with Crippen LogP contribution < -0.4 is 26.6 Å². The van der Waals surface area contributed by atoms with Crippen molar-refractivity contribution in [1.29, 1.82) is 0 Å². The van der Waals surface area contributed by atoms with Crippen molar-refractivity contribution in [3.05, 3.63) is 6.33 Å². The van der Waals surface area contributed by atoms with Crippen LogP contribution in [0.2, 0.25) is 0 Å². The molecule has 3 aliphatic rings. The fourth-order valence-corrected chi connectivity index (χ4v) is 4.26. The number of nitrogens with one attached hydrogen (secondary N) is 5. The van der Waals surface area contributed by atoms with Gasteiger partial charge in [-0.05, 0) is 32.2 Å². The SMILES string of the molecule is O=C1NCCNc2nc(N[C@H]3CCNC3)c3ncn(c3n2)[C@@H]2CC[C@@H](C2)N1. The third-order valence-corrected chi connectivity index (χ3v) is 5.65. The predicted octanol–water partition coefficient (Wildman–Crippen LogP) is 0.418. The molecule has 1 aliphatic carbocycles. The van der Waals surface area contributed by atoms with Crippen molar-refractivity contribution >= 4 is 29.0 Å². The molecule has 4 bridgehead atoms. The van der Waals surface area contributed by atoms with Gasteiger partial charge in [-0.25, -0.2) is 9.78 Å². The maximum absolute atomic E-state index is 12.0. The number of urea groups is 1.